The number of hydrogen-bond acceptors (Lipinski definition) is 12. The van der Waals surface area contributed by atoms with E-state index in [9.17, 15) is 40.2 Å². The van der Waals surface area contributed by atoms with E-state index < -0.39 is 99.6 Å². The Labute approximate surface area is 289 Å². The van der Waals surface area contributed by atoms with Gasteiger partial charge in [0.1, 0.15) is 5.60 Å². The number of piperidine rings is 2. The number of hydrogen-bond donors (Lipinski definition) is 6. The molecule has 49 heavy (non-hydrogen) atoms. The number of nitrogens with zero attached hydrogens (tertiary/aromatic N) is 1. The van der Waals surface area contributed by atoms with E-state index in [1.165, 1.54) is 6.92 Å². The topological polar surface area (TPSA) is 186 Å². The van der Waals surface area contributed by atoms with Crippen LogP contribution >= 0.6 is 0 Å². The van der Waals surface area contributed by atoms with Crippen molar-refractivity contribution in [3.8, 4) is 0 Å². The van der Waals surface area contributed by atoms with Crippen molar-refractivity contribution in [2.75, 3.05) is 13.1 Å². The fourth-order valence-corrected chi connectivity index (χ4v) is 12.5. The molecule has 12 nitrogen and oxygen atoms in total. The molecule has 8 unspecified atom stereocenters. The maximum Gasteiger partial charge on any atom is 0.338 e. The van der Waals surface area contributed by atoms with Crippen molar-refractivity contribution in [2.45, 2.75) is 158 Å². The van der Waals surface area contributed by atoms with Crippen LogP contribution in [0.4, 0.5) is 0 Å². The predicted octanol–water partition coefficient (Wildman–Crippen LogP) is 1.49. The van der Waals surface area contributed by atoms with Gasteiger partial charge in [-0.05, 0) is 83.0 Å². The maximum absolute atomic E-state index is 13.6. The highest BCUT2D eigenvalue weighted by atomic mass is 16.7. The van der Waals surface area contributed by atoms with Gasteiger partial charge < -0.3 is 44.8 Å². The molecule has 1 spiro atoms. The van der Waals surface area contributed by atoms with Crippen LogP contribution in [0, 0.1) is 46.8 Å². The van der Waals surface area contributed by atoms with E-state index in [0.29, 0.717) is 31.7 Å². The second kappa shape index (κ2) is 11.3. The predicted molar refractivity (Wildman–Crippen MR) is 174 cm³/mol. The third-order valence-corrected chi connectivity index (χ3v) is 15.4. The number of aliphatic hydroxyl groups is 6. The van der Waals surface area contributed by atoms with Crippen LogP contribution in [-0.4, -0.2) is 119 Å². The summed E-state index contributed by atoms with van der Waals surface area (Å²) in [5.74, 6) is -7.09. The van der Waals surface area contributed by atoms with Gasteiger partial charge in [0.15, 0.2) is 17.8 Å². The smallest absolute Gasteiger partial charge is 0.338 e. The van der Waals surface area contributed by atoms with E-state index >= 15 is 0 Å². The van der Waals surface area contributed by atoms with Gasteiger partial charge in [0.2, 0.25) is 5.79 Å². The van der Waals surface area contributed by atoms with Crippen LogP contribution in [-0.2, 0) is 23.8 Å². The normalized spacial score (nSPS) is 54.8. The second-order valence-corrected chi connectivity index (χ2v) is 18.0. The molecule has 7 fully saturated rings. The highest BCUT2D eigenvalue weighted by Gasteiger charge is 2.87. The molecule has 12 heteroatoms. The first-order valence-corrected chi connectivity index (χ1v) is 18.9. The lowest BCUT2D eigenvalue weighted by atomic mass is 9.49. The average molecular weight is 694 g/mol. The summed E-state index contributed by atoms with van der Waals surface area (Å²) in [7, 11) is 0. The summed E-state index contributed by atoms with van der Waals surface area (Å²) in [6, 6.07) is -0.251. The Morgan fingerprint density at radius 3 is 2.41 bits per heavy atom. The summed E-state index contributed by atoms with van der Waals surface area (Å²) in [4.78, 5) is 28.9. The van der Waals surface area contributed by atoms with Crippen LogP contribution in [0.15, 0.2) is 0 Å². The quantitative estimate of drug-likeness (QED) is 0.221. The van der Waals surface area contributed by atoms with Crippen LogP contribution in [0.5, 0.6) is 0 Å². The minimum atomic E-state index is -2.05. The summed E-state index contributed by atoms with van der Waals surface area (Å²) >= 11 is 0. The van der Waals surface area contributed by atoms with E-state index in [-0.39, 0.29) is 31.2 Å². The molecular formula is C37H59NO11. The number of carbonyl (C=O) groups is 2. The molecule has 0 radical (unpaired) electrons. The number of rotatable bonds is 6. The molecule has 278 valence electrons. The second-order valence-electron chi connectivity index (χ2n) is 18.0. The first-order valence-electron chi connectivity index (χ1n) is 18.9. The molecule has 7 rings (SSSR count). The van der Waals surface area contributed by atoms with E-state index in [0.717, 1.165) is 19.4 Å². The molecule has 0 aromatic carbocycles. The zero-order valence-corrected chi connectivity index (χ0v) is 30.2. The molecule has 7 aliphatic rings. The maximum atomic E-state index is 13.6. The lowest BCUT2D eigenvalue weighted by Crippen LogP contribution is -2.77. The fourth-order valence-electron chi connectivity index (χ4n) is 12.5. The Balaban J connectivity index is 1.36. The highest BCUT2D eigenvalue weighted by Crippen LogP contribution is 2.77. The third-order valence-electron chi connectivity index (χ3n) is 15.4. The Kier molecular flexibility index (Phi) is 8.31. The summed E-state index contributed by atoms with van der Waals surface area (Å²) < 4.78 is 18.9. The van der Waals surface area contributed by atoms with E-state index in [1.54, 1.807) is 20.8 Å². The Morgan fingerprint density at radius 1 is 1.06 bits per heavy atom. The number of carbonyl (C=O) groups excluding carboxylic acids is 2. The third kappa shape index (κ3) is 4.56. The average Bonchev–Trinajstić information content (AvgIpc) is 3.31. The van der Waals surface area contributed by atoms with Crippen molar-refractivity contribution in [3.05, 3.63) is 0 Å². The molecule has 18 atom stereocenters. The van der Waals surface area contributed by atoms with Gasteiger partial charge in [0.25, 0.3) is 0 Å². The number of aliphatic hydroxyl groups excluding tert-OH is 2. The van der Waals surface area contributed by atoms with Gasteiger partial charge in [-0.15, -0.1) is 0 Å². The molecule has 0 aromatic rings. The SMILES string of the molecule is CCC(C)C(=O)O[C@H]1CC[C@@]2(C)C3C[C@@H](O)C4[C@@]5(O)C(C[C@@]42O[C@@]31O)C1CN2C[C@@H](C)CC[C@H]2[C@@](C)(O)C1[C@@H](O)C5OC(=O)C(C)(O)CC. The molecule has 4 aliphatic carbocycles. The van der Waals surface area contributed by atoms with Crippen LogP contribution in [0.1, 0.15) is 99.8 Å². The minimum Gasteiger partial charge on any atom is -0.456 e. The molecule has 0 aromatic heterocycles. The fraction of sp³-hybridized carbons (Fsp3) is 0.946. The molecule has 3 aliphatic heterocycles. The molecule has 3 heterocycles. The number of fused-ring (bicyclic) bond motifs is 5. The van der Waals surface area contributed by atoms with E-state index in [2.05, 4.69) is 11.8 Å². The molecule has 4 saturated carbocycles. The van der Waals surface area contributed by atoms with E-state index in [1.807, 2.05) is 13.8 Å². The van der Waals surface area contributed by atoms with Crippen molar-refractivity contribution < 1.29 is 54.4 Å². The summed E-state index contributed by atoms with van der Waals surface area (Å²) in [6.45, 7) is 13.8. The van der Waals surface area contributed by atoms with Crippen LogP contribution in [0.25, 0.3) is 0 Å². The summed E-state index contributed by atoms with van der Waals surface area (Å²) in [5.41, 5.74) is -7.49. The largest absolute Gasteiger partial charge is 0.456 e. The van der Waals surface area contributed by atoms with Crippen molar-refractivity contribution >= 4 is 11.9 Å². The Morgan fingerprint density at radius 2 is 1.76 bits per heavy atom. The van der Waals surface area contributed by atoms with Gasteiger partial charge in [-0.25, -0.2) is 4.79 Å². The standard InChI is InChI=1S/C37H59NO11/c1-8-19(4)30(41)47-25-12-13-32(5)23-14-22(39)28-35(32,49-37(23,25)46)15-21-20-17-38-16-18(3)10-11-24(38)34(7,44)26(20)27(40)29(36(21,28)45)48-31(42)33(6,43)9-2/h18-29,39-40,43-46H,8-17H2,1-7H3/t18-,19?,20?,21?,22+,23?,24-,25-,26?,27+,28?,29?,32-,33?,34+,35+,36-,37-/m0/s1. The molecule has 0 amide bonds. The van der Waals surface area contributed by atoms with Crippen molar-refractivity contribution in [1.82, 2.24) is 4.90 Å². The summed E-state index contributed by atoms with van der Waals surface area (Å²) in [5, 5.41) is 73.7. The highest BCUT2D eigenvalue weighted by molar-refractivity contribution is 5.79. The molecule has 4 bridgehead atoms. The molecular weight excluding hydrogens is 634 g/mol. The van der Waals surface area contributed by atoms with Crippen LogP contribution in [0.3, 0.4) is 0 Å². The number of esters is 2. The Bertz CT molecular complexity index is 1360. The first kappa shape index (κ1) is 36.0. The van der Waals surface area contributed by atoms with Gasteiger partial charge in [-0.3, -0.25) is 9.69 Å². The van der Waals surface area contributed by atoms with Crippen molar-refractivity contribution in [2.24, 2.45) is 46.8 Å². The van der Waals surface area contributed by atoms with Gasteiger partial charge in [0.05, 0.1) is 29.3 Å². The molecule has 6 N–H and O–H groups in total. The van der Waals surface area contributed by atoms with Gasteiger partial charge in [-0.1, -0.05) is 34.6 Å². The molecule has 3 saturated heterocycles. The van der Waals surface area contributed by atoms with Crippen LogP contribution in [0.2, 0.25) is 0 Å². The zero-order valence-electron chi connectivity index (χ0n) is 30.2. The lowest BCUT2D eigenvalue weighted by molar-refractivity contribution is -0.301. The minimum absolute atomic E-state index is 0.0259. The van der Waals surface area contributed by atoms with E-state index in [4.69, 9.17) is 14.2 Å². The van der Waals surface area contributed by atoms with Crippen LogP contribution < -0.4 is 0 Å². The monoisotopic (exact) mass is 693 g/mol. The number of ether oxygens (including phenoxy) is 3. The van der Waals surface area contributed by atoms with Gasteiger partial charge in [-0.2, -0.15) is 0 Å². The lowest BCUT2D eigenvalue weighted by Gasteiger charge is -2.64. The first-order chi connectivity index (χ1) is 22.7. The van der Waals surface area contributed by atoms with Crippen molar-refractivity contribution in [1.29, 1.82) is 0 Å². The van der Waals surface area contributed by atoms with Crippen molar-refractivity contribution in [3.63, 3.8) is 0 Å². The Hall–Kier alpha value is -1.38. The van der Waals surface area contributed by atoms with Gasteiger partial charge >= 0.3 is 11.9 Å². The zero-order chi connectivity index (χ0) is 35.9. The van der Waals surface area contributed by atoms with Gasteiger partial charge in [0, 0.05) is 42.3 Å². The summed E-state index contributed by atoms with van der Waals surface area (Å²) in [6.07, 6.45) is -2.08.